The monoisotopic (exact) mass is 291 g/mol. The highest BCUT2D eigenvalue weighted by molar-refractivity contribution is 6.30. The Morgan fingerprint density at radius 2 is 2.00 bits per heavy atom. The second-order valence-corrected chi connectivity index (χ2v) is 4.24. The summed E-state index contributed by atoms with van der Waals surface area (Å²) in [6.45, 7) is 0. The van der Waals surface area contributed by atoms with E-state index in [2.05, 4.69) is 0 Å². The molecule has 0 amide bonds. The zero-order chi connectivity index (χ0) is 14.7. The fourth-order valence-corrected chi connectivity index (χ4v) is 1.69. The molecule has 2 rings (SSSR count). The van der Waals surface area contributed by atoms with Crippen LogP contribution < -0.4 is 4.74 Å². The first-order chi connectivity index (χ1) is 9.51. The van der Waals surface area contributed by atoms with Crippen molar-refractivity contribution in [1.29, 1.82) is 5.26 Å². The standard InChI is InChI=1S/C14H7ClFNO3/c15-9-2-3-10(14(18)19)13(6-9)20-12-4-1-8(7-17)5-11(12)16/h1-6H,(H,18,19). The van der Waals surface area contributed by atoms with E-state index in [0.717, 1.165) is 6.07 Å². The molecule has 0 unspecified atom stereocenters. The Morgan fingerprint density at radius 3 is 2.60 bits per heavy atom. The number of benzene rings is 2. The first-order valence-electron chi connectivity index (χ1n) is 5.41. The van der Waals surface area contributed by atoms with Crippen LogP contribution in [-0.2, 0) is 0 Å². The van der Waals surface area contributed by atoms with E-state index in [9.17, 15) is 9.18 Å². The summed E-state index contributed by atoms with van der Waals surface area (Å²) in [7, 11) is 0. The van der Waals surface area contributed by atoms with Crippen LogP contribution in [0.1, 0.15) is 15.9 Å². The van der Waals surface area contributed by atoms with Crippen molar-refractivity contribution < 1.29 is 19.0 Å². The van der Waals surface area contributed by atoms with Gasteiger partial charge < -0.3 is 9.84 Å². The highest BCUT2D eigenvalue weighted by atomic mass is 35.5. The minimum atomic E-state index is -1.22. The summed E-state index contributed by atoms with van der Waals surface area (Å²) in [5.41, 5.74) is -0.00226. The molecule has 0 radical (unpaired) electrons. The largest absolute Gasteiger partial charge is 0.478 e. The second kappa shape index (κ2) is 5.59. The predicted molar refractivity (Wildman–Crippen MR) is 69.6 cm³/mol. The summed E-state index contributed by atoms with van der Waals surface area (Å²) in [5, 5.41) is 17.9. The average Bonchev–Trinajstić information content (AvgIpc) is 2.40. The van der Waals surface area contributed by atoms with Gasteiger partial charge in [0.2, 0.25) is 0 Å². The van der Waals surface area contributed by atoms with E-state index in [0.29, 0.717) is 0 Å². The molecule has 0 fully saturated rings. The van der Waals surface area contributed by atoms with Crippen LogP contribution >= 0.6 is 11.6 Å². The summed E-state index contributed by atoms with van der Waals surface area (Å²) in [6, 6.07) is 9.34. The number of carboxylic acids is 1. The Kier molecular flexibility index (Phi) is 3.87. The lowest BCUT2D eigenvalue weighted by molar-refractivity contribution is 0.0694. The number of hydrogen-bond donors (Lipinski definition) is 1. The molecule has 0 atom stereocenters. The Morgan fingerprint density at radius 1 is 1.25 bits per heavy atom. The average molecular weight is 292 g/mol. The van der Waals surface area contributed by atoms with Crippen molar-refractivity contribution in [3.63, 3.8) is 0 Å². The van der Waals surface area contributed by atoms with Gasteiger partial charge in [0.05, 0.1) is 11.6 Å². The maximum Gasteiger partial charge on any atom is 0.339 e. The maximum absolute atomic E-state index is 13.7. The highest BCUT2D eigenvalue weighted by Gasteiger charge is 2.14. The van der Waals surface area contributed by atoms with Crippen LogP contribution in [-0.4, -0.2) is 11.1 Å². The van der Waals surface area contributed by atoms with Crippen molar-refractivity contribution in [2.45, 2.75) is 0 Å². The van der Waals surface area contributed by atoms with E-state index in [-0.39, 0.29) is 27.6 Å². The topological polar surface area (TPSA) is 70.3 Å². The number of ether oxygens (including phenoxy) is 1. The zero-order valence-corrected chi connectivity index (χ0v) is 10.7. The Bertz CT molecular complexity index is 725. The zero-order valence-electron chi connectivity index (χ0n) is 9.93. The molecule has 0 aliphatic rings. The van der Waals surface area contributed by atoms with Crippen molar-refractivity contribution in [1.82, 2.24) is 0 Å². The van der Waals surface area contributed by atoms with Crippen LogP contribution in [0.25, 0.3) is 0 Å². The molecule has 6 heteroatoms. The van der Waals surface area contributed by atoms with Gasteiger partial charge in [-0.1, -0.05) is 11.6 Å². The van der Waals surface area contributed by atoms with Crippen molar-refractivity contribution in [2.24, 2.45) is 0 Å². The van der Waals surface area contributed by atoms with Crippen LogP contribution in [0.3, 0.4) is 0 Å². The van der Waals surface area contributed by atoms with Crippen molar-refractivity contribution >= 4 is 17.6 Å². The molecule has 100 valence electrons. The summed E-state index contributed by atoms with van der Waals surface area (Å²) in [4.78, 5) is 11.0. The van der Waals surface area contributed by atoms with Crippen LogP contribution in [0.4, 0.5) is 4.39 Å². The van der Waals surface area contributed by atoms with Crippen molar-refractivity contribution in [3.8, 4) is 17.6 Å². The van der Waals surface area contributed by atoms with Gasteiger partial charge in [-0.05, 0) is 30.3 Å². The van der Waals surface area contributed by atoms with E-state index < -0.39 is 11.8 Å². The SMILES string of the molecule is N#Cc1ccc(Oc2cc(Cl)ccc2C(=O)O)c(F)c1. The molecule has 0 aromatic heterocycles. The molecule has 20 heavy (non-hydrogen) atoms. The third kappa shape index (κ3) is 2.87. The van der Waals surface area contributed by atoms with E-state index >= 15 is 0 Å². The number of aromatic carboxylic acids is 1. The Balaban J connectivity index is 2.42. The van der Waals surface area contributed by atoms with Crippen LogP contribution in [0.5, 0.6) is 11.5 Å². The molecule has 0 spiro atoms. The van der Waals surface area contributed by atoms with Crippen molar-refractivity contribution in [3.05, 3.63) is 58.4 Å². The lowest BCUT2D eigenvalue weighted by Gasteiger charge is -2.10. The smallest absolute Gasteiger partial charge is 0.339 e. The first-order valence-corrected chi connectivity index (χ1v) is 5.79. The van der Waals surface area contributed by atoms with Crippen molar-refractivity contribution in [2.75, 3.05) is 0 Å². The number of nitrogens with zero attached hydrogens (tertiary/aromatic N) is 1. The minimum Gasteiger partial charge on any atom is -0.478 e. The molecule has 4 nitrogen and oxygen atoms in total. The summed E-state index contributed by atoms with van der Waals surface area (Å²) in [5.74, 6) is -2.24. The Labute approximate surface area is 118 Å². The molecular weight excluding hydrogens is 285 g/mol. The molecular formula is C14H7ClFNO3. The number of hydrogen-bond acceptors (Lipinski definition) is 3. The highest BCUT2D eigenvalue weighted by Crippen LogP contribution is 2.30. The second-order valence-electron chi connectivity index (χ2n) is 3.80. The normalized spacial score (nSPS) is 9.85. The number of carbonyl (C=O) groups is 1. The first kappa shape index (κ1) is 13.8. The maximum atomic E-state index is 13.7. The minimum absolute atomic E-state index is 0.0754. The summed E-state index contributed by atoms with van der Waals surface area (Å²) in [6.07, 6.45) is 0. The molecule has 2 aromatic rings. The van der Waals surface area contributed by atoms with Crippen LogP contribution in [0.2, 0.25) is 5.02 Å². The quantitative estimate of drug-likeness (QED) is 0.932. The fourth-order valence-electron chi connectivity index (χ4n) is 1.53. The van der Waals surface area contributed by atoms with Crippen LogP contribution in [0, 0.1) is 17.1 Å². The van der Waals surface area contributed by atoms with E-state index in [1.807, 2.05) is 0 Å². The van der Waals surface area contributed by atoms with Gasteiger partial charge in [-0.2, -0.15) is 5.26 Å². The van der Waals surface area contributed by atoms with Crippen LogP contribution in [0.15, 0.2) is 36.4 Å². The van der Waals surface area contributed by atoms with Gasteiger partial charge in [-0.15, -0.1) is 0 Å². The summed E-state index contributed by atoms with van der Waals surface area (Å²) >= 11 is 5.77. The van der Waals surface area contributed by atoms with E-state index in [4.69, 9.17) is 26.7 Å². The van der Waals surface area contributed by atoms with Gasteiger partial charge >= 0.3 is 5.97 Å². The van der Waals surface area contributed by atoms with Gasteiger partial charge in [-0.25, -0.2) is 9.18 Å². The number of halogens is 2. The summed E-state index contributed by atoms with van der Waals surface area (Å²) < 4.78 is 18.9. The van der Waals surface area contributed by atoms with Gasteiger partial charge in [0.25, 0.3) is 0 Å². The lowest BCUT2D eigenvalue weighted by atomic mass is 10.2. The molecule has 0 saturated heterocycles. The molecule has 0 bridgehead atoms. The molecule has 0 saturated carbocycles. The van der Waals surface area contributed by atoms with Gasteiger partial charge in [0, 0.05) is 11.1 Å². The Hall–Kier alpha value is -2.58. The third-order valence-electron chi connectivity index (χ3n) is 2.45. The lowest BCUT2D eigenvalue weighted by Crippen LogP contribution is -2.00. The number of nitriles is 1. The molecule has 0 heterocycles. The predicted octanol–water partition coefficient (Wildman–Crippen LogP) is 3.84. The van der Waals surface area contributed by atoms with Gasteiger partial charge in [0.15, 0.2) is 11.6 Å². The number of rotatable bonds is 3. The molecule has 1 N–H and O–H groups in total. The molecule has 0 aliphatic heterocycles. The third-order valence-corrected chi connectivity index (χ3v) is 2.69. The fraction of sp³-hybridized carbons (Fsp3) is 0. The van der Waals surface area contributed by atoms with E-state index in [1.54, 1.807) is 6.07 Å². The molecule has 2 aromatic carbocycles. The number of carboxylic acid groups (broad SMARTS) is 1. The van der Waals surface area contributed by atoms with Gasteiger partial charge in [0.1, 0.15) is 11.3 Å². The van der Waals surface area contributed by atoms with Gasteiger partial charge in [-0.3, -0.25) is 0 Å². The van der Waals surface area contributed by atoms with E-state index in [1.165, 1.54) is 30.3 Å². The molecule has 0 aliphatic carbocycles.